The second-order valence-corrected chi connectivity index (χ2v) is 4.55. The molecule has 0 aromatic heterocycles. The van der Waals surface area contributed by atoms with E-state index in [-0.39, 0.29) is 24.0 Å². The highest BCUT2D eigenvalue weighted by Gasteiger charge is 2.09. The van der Waals surface area contributed by atoms with Crippen LogP contribution in [0, 0.1) is 6.92 Å². The Labute approximate surface area is 129 Å². The molecule has 3 heteroatoms. The van der Waals surface area contributed by atoms with Gasteiger partial charge in [0.2, 0.25) is 0 Å². The second kappa shape index (κ2) is 9.62. The fourth-order valence-corrected chi connectivity index (χ4v) is 1.93. The predicted molar refractivity (Wildman–Crippen MR) is 73.7 cm³/mol. The normalized spacial score (nSPS) is 12.1. The summed E-state index contributed by atoms with van der Waals surface area (Å²) in [5.74, 6) is 0.977. The Morgan fingerprint density at radius 2 is 2.00 bits per heavy atom. The van der Waals surface area contributed by atoms with Gasteiger partial charge < -0.3 is 28.7 Å². The third kappa shape index (κ3) is 6.05. The SMILES string of the molecule is CCC(C)N(CC)CCOc1cccc(C)c1.[I-]. The Kier molecular flexibility index (Phi) is 9.46. The Balaban J connectivity index is 0.00000289. The van der Waals surface area contributed by atoms with E-state index in [9.17, 15) is 0 Å². The molecule has 1 rings (SSSR count). The number of hydrogen-bond acceptors (Lipinski definition) is 2. The molecule has 0 radical (unpaired) electrons. The smallest absolute Gasteiger partial charge is 0.119 e. The summed E-state index contributed by atoms with van der Waals surface area (Å²) in [7, 11) is 0. The maximum Gasteiger partial charge on any atom is 0.119 e. The number of rotatable bonds is 7. The Morgan fingerprint density at radius 3 is 2.56 bits per heavy atom. The zero-order valence-electron chi connectivity index (χ0n) is 11.9. The molecular weight excluding hydrogens is 337 g/mol. The lowest BCUT2D eigenvalue weighted by atomic mass is 10.2. The average molecular weight is 362 g/mol. The minimum absolute atomic E-state index is 0. The molecule has 18 heavy (non-hydrogen) atoms. The standard InChI is InChI=1S/C15H25NO.HI/c1-5-14(4)16(6-2)10-11-17-15-9-7-8-13(3)12-15;/h7-9,12,14H,5-6,10-11H2,1-4H3;1H/p-1. The first kappa shape index (κ1) is 17.7. The minimum atomic E-state index is 0. The van der Waals surface area contributed by atoms with Crippen LogP contribution >= 0.6 is 0 Å². The summed E-state index contributed by atoms with van der Waals surface area (Å²) >= 11 is 0. The highest BCUT2D eigenvalue weighted by molar-refractivity contribution is 5.27. The summed E-state index contributed by atoms with van der Waals surface area (Å²) < 4.78 is 5.77. The van der Waals surface area contributed by atoms with Crippen molar-refractivity contribution >= 4 is 0 Å². The summed E-state index contributed by atoms with van der Waals surface area (Å²) in [4.78, 5) is 2.45. The molecule has 0 aliphatic rings. The number of aryl methyl sites for hydroxylation is 1. The van der Waals surface area contributed by atoms with E-state index in [1.54, 1.807) is 0 Å². The molecule has 1 aromatic carbocycles. The quantitative estimate of drug-likeness (QED) is 0.655. The largest absolute Gasteiger partial charge is 1.00 e. The topological polar surface area (TPSA) is 12.5 Å². The van der Waals surface area contributed by atoms with E-state index in [1.807, 2.05) is 12.1 Å². The summed E-state index contributed by atoms with van der Waals surface area (Å²) in [6.45, 7) is 11.7. The molecule has 0 spiro atoms. The molecule has 1 atom stereocenters. The highest BCUT2D eigenvalue weighted by atomic mass is 127. The number of halogens is 1. The fourth-order valence-electron chi connectivity index (χ4n) is 1.93. The van der Waals surface area contributed by atoms with Gasteiger partial charge in [0.1, 0.15) is 12.4 Å². The van der Waals surface area contributed by atoms with Crippen LogP contribution in [0.3, 0.4) is 0 Å². The molecule has 0 N–H and O–H groups in total. The van der Waals surface area contributed by atoms with Gasteiger partial charge in [-0.25, -0.2) is 0 Å². The zero-order chi connectivity index (χ0) is 12.7. The molecule has 1 aromatic rings. The number of likely N-dealkylation sites (N-methyl/N-ethyl adjacent to an activating group) is 1. The first-order valence-corrected chi connectivity index (χ1v) is 6.60. The van der Waals surface area contributed by atoms with Crippen molar-refractivity contribution in [2.45, 2.75) is 40.2 Å². The van der Waals surface area contributed by atoms with E-state index < -0.39 is 0 Å². The maximum absolute atomic E-state index is 5.77. The number of hydrogen-bond donors (Lipinski definition) is 0. The van der Waals surface area contributed by atoms with Crippen LogP contribution in [-0.2, 0) is 0 Å². The van der Waals surface area contributed by atoms with Crippen LogP contribution in [-0.4, -0.2) is 30.6 Å². The van der Waals surface area contributed by atoms with Gasteiger partial charge in [-0.1, -0.05) is 26.0 Å². The third-order valence-corrected chi connectivity index (χ3v) is 3.26. The van der Waals surface area contributed by atoms with Crippen molar-refractivity contribution in [3.63, 3.8) is 0 Å². The Bertz CT molecular complexity index is 330. The highest BCUT2D eigenvalue weighted by Crippen LogP contribution is 2.12. The molecule has 0 amide bonds. The lowest BCUT2D eigenvalue weighted by Crippen LogP contribution is -3.00. The molecule has 104 valence electrons. The molecule has 0 aliphatic heterocycles. The Hall–Kier alpha value is -0.290. The first-order valence-electron chi connectivity index (χ1n) is 6.60. The number of nitrogens with zero attached hydrogens (tertiary/aromatic N) is 1. The molecule has 1 unspecified atom stereocenters. The molecule has 0 fully saturated rings. The van der Waals surface area contributed by atoms with Gasteiger partial charge in [-0.15, -0.1) is 0 Å². The van der Waals surface area contributed by atoms with Crippen molar-refractivity contribution < 1.29 is 28.7 Å². The van der Waals surface area contributed by atoms with Crippen molar-refractivity contribution in [1.29, 1.82) is 0 Å². The zero-order valence-corrected chi connectivity index (χ0v) is 14.1. The van der Waals surface area contributed by atoms with Crippen molar-refractivity contribution in [1.82, 2.24) is 4.90 Å². The van der Waals surface area contributed by atoms with Gasteiger partial charge in [0.15, 0.2) is 0 Å². The van der Waals surface area contributed by atoms with E-state index in [0.29, 0.717) is 6.04 Å². The predicted octanol–water partition coefficient (Wildman–Crippen LogP) is 0.498. The van der Waals surface area contributed by atoms with E-state index in [2.05, 4.69) is 44.7 Å². The van der Waals surface area contributed by atoms with Crippen LogP contribution < -0.4 is 28.7 Å². The number of ether oxygens (including phenoxy) is 1. The molecular formula is C15H25INO-. The van der Waals surface area contributed by atoms with E-state index in [4.69, 9.17) is 4.74 Å². The second-order valence-electron chi connectivity index (χ2n) is 4.55. The lowest BCUT2D eigenvalue weighted by Gasteiger charge is -2.26. The van der Waals surface area contributed by atoms with E-state index in [0.717, 1.165) is 25.4 Å². The van der Waals surface area contributed by atoms with Crippen molar-refractivity contribution in [3.8, 4) is 5.75 Å². The van der Waals surface area contributed by atoms with Gasteiger partial charge in [0.25, 0.3) is 0 Å². The van der Waals surface area contributed by atoms with Crippen molar-refractivity contribution in [2.24, 2.45) is 0 Å². The van der Waals surface area contributed by atoms with Crippen LogP contribution in [0.2, 0.25) is 0 Å². The molecule has 0 saturated carbocycles. The van der Waals surface area contributed by atoms with Crippen LogP contribution in [0.4, 0.5) is 0 Å². The van der Waals surface area contributed by atoms with Gasteiger partial charge in [0.05, 0.1) is 0 Å². The Morgan fingerprint density at radius 1 is 1.28 bits per heavy atom. The summed E-state index contributed by atoms with van der Waals surface area (Å²) in [5, 5.41) is 0. The molecule has 2 nitrogen and oxygen atoms in total. The van der Waals surface area contributed by atoms with Gasteiger partial charge in [0, 0.05) is 12.6 Å². The minimum Gasteiger partial charge on any atom is -1.00 e. The van der Waals surface area contributed by atoms with Crippen LogP contribution in [0.5, 0.6) is 5.75 Å². The van der Waals surface area contributed by atoms with Gasteiger partial charge in [-0.3, -0.25) is 4.90 Å². The molecule has 0 heterocycles. The summed E-state index contributed by atoms with van der Waals surface area (Å²) in [5.41, 5.74) is 1.25. The van der Waals surface area contributed by atoms with E-state index >= 15 is 0 Å². The van der Waals surface area contributed by atoms with Gasteiger partial charge in [-0.2, -0.15) is 0 Å². The van der Waals surface area contributed by atoms with Gasteiger partial charge in [-0.05, 0) is 44.5 Å². The first-order chi connectivity index (χ1) is 8.17. The fraction of sp³-hybridized carbons (Fsp3) is 0.600. The average Bonchev–Trinajstić information content (AvgIpc) is 2.34. The van der Waals surface area contributed by atoms with E-state index in [1.165, 1.54) is 12.0 Å². The monoisotopic (exact) mass is 362 g/mol. The summed E-state index contributed by atoms with van der Waals surface area (Å²) in [6, 6.07) is 8.87. The van der Waals surface area contributed by atoms with Crippen molar-refractivity contribution in [2.75, 3.05) is 19.7 Å². The summed E-state index contributed by atoms with van der Waals surface area (Å²) in [6.07, 6.45) is 1.19. The third-order valence-electron chi connectivity index (χ3n) is 3.26. The van der Waals surface area contributed by atoms with Crippen LogP contribution in [0.25, 0.3) is 0 Å². The molecule has 0 saturated heterocycles. The number of benzene rings is 1. The van der Waals surface area contributed by atoms with Crippen LogP contribution in [0.1, 0.15) is 32.8 Å². The van der Waals surface area contributed by atoms with Gasteiger partial charge >= 0.3 is 0 Å². The maximum atomic E-state index is 5.77. The van der Waals surface area contributed by atoms with Crippen LogP contribution in [0.15, 0.2) is 24.3 Å². The molecule has 0 bridgehead atoms. The molecule has 0 aliphatic carbocycles. The lowest BCUT2D eigenvalue weighted by molar-refractivity contribution is -0.00000431. The van der Waals surface area contributed by atoms with Crippen molar-refractivity contribution in [3.05, 3.63) is 29.8 Å².